The van der Waals surface area contributed by atoms with Gasteiger partial charge in [-0.1, -0.05) is 23.5 Å². The lowest BCUT2D eigenvalue weighted by Crippen LogP contribution is -2.38. The first-order valence-corrected chi connectivity index (χ1v) is 12.7. The Morgan fingerprint density at radius 2 is 1.87 bits per heavy atom. The number of hydrogen-bond acceptors (Lipinski definition) is 7. The SMILES string of the molecule is CC(C)S(=O)(=O)c1ccc(CC(=O)N2CCC(c3nnc(-c4ccco4)s3)CC2)cc1. The lowest BCUT2D eigenvalue weighted by atomic mass is 9.97. The minimum atomic E-state index is -3.30. The summed E-state index contributed by atoms with van der Waals surface area (Å²) < 4.78 is 29.9. The molecule has 0 aliphatic carbocycles. The largest absolute Gasteiger partial charge is 0.462 e. The topological polar surface area (TPSA) is 93.4 Å². The quantitative estimate of drug-likeness (QED) is 0.554. The summed E-state index contributed by atoms with van der Waals surface area (Å²) >= 11 is 1.55. The van der Waals surface area contributed by atoms with Crippen molar-refractivity contribution in [2.45, 2.75) is 49.2 Å². The Labute approximate surface area is 186 Å². The number of likely N-dealkylation sites (tertiary alicyclic amines) is 1. The molecule has 0 saturated carbocycles. The predicted octanol–water partition coefficient (Wildman–Crippen LogP) is 3.93. The third-order valence-corrected chi connectivity index (χ3v) is 8.87. The first-order valence-electron chi connectivity index (χ1n) is 10.3. The van der Waals surface area contributed by atoms with E-state index in [2.05, 4.69) is 10.2 Å². The van der Waals surface area contributed by atoms with Crippen LogP contribution in [0.1, 0.15) is 43.2 Å². The van der Waals surface area contributed by atoms with Gasteiger partial charge in [0.05, 0.1) is 22.8 Å². The van der Waals surface area contributed by atoms with Crippen molar-refractivity contribution < 1.29 is 17.6 Å². The molecule has 9 heteroatoms. The normalized spacial score (nSPS) is 15.5. The highest BCUT2D eigenvalue weighted by Gasteiger charge is 2.27. The van der Waals surface area contributed by atoms with Crippen LogP contribution in [0.15, 0.2) is 52.0 Å². The number of rotatable bonds is 6. The third-order valence-electron chi connectivity index (χ3n) is 5.60. The van der Waals surface area contributed by atoms with Crippen molar-refractivity contribution in [1.29, 1.82) is 0 Å². The molecule has 1 aromatic carbocycles. The molecule has 0 radical (unpaired) electrons. The zero-order valence-electron chi connectivity index (χ0n) is 17.5. The Kier molecular flexibility index (Phi) is 6.24. The summed E-state index contributed by atoms with van der Waals surface area (Å²) in [5.41, 5.74) is 0.821. The van der Waals surface area contributed by atoms with Gasteiger partial charge in [0.15, 0.2) is 20.6 Å². The van der Waals surface area contributed by atoms with Crippen molar-refractivity contribution in [3.05, 3.63) is 53.2 Å². The van der Waals surface area contributed by atoms with Crippen LogP contribution in [0.3, 0.4) is 0 Å². The number of aromatic nitrogens is 2. The first kappa shape index (κ1) is 21.7. The predicted molar refractivity (Wildman–Crippen MR) is 119 cm³/mol. The van der Waals surface area contributed by atoms with Gasteiger partial charge < -0.3 is 9.32 Å². The Bertz CT molecular complexity index is 1130. The zero-order chi connectivity index (χ0) is 22.0. The van der Waals surface area contributed by atoms with E-state index in [0.29, 0.717) is 23.9 Å². The molecule has 1 amide bonds. The summed E-state index contributed by atoms with van der Waals surface area (Å²) in [7, 11) is -3.30. The van der Waals surface area contributed by atoms with Crippen LogP contribution in [0.5, 0.6) is 0 Å². The number of nitrogens with zero attached hydrogens (tertiary/aromatic N) is 3. The van der Waals surface area contributed by atoms with Gasteiger partial charge in [0, 0.05) is 19.0 Å². The van der Waals surface area contributed by atoms with Crippen LogP contribution in [-0.2, 0) is 21.1 Å². The number of furan rings is 1. The van der Waals surface area contributed by atoms with Crippen LogP contribution in [0.2, 0.25) is 0 Å². The second kappa shape index (κ2) is 8.92. The fraction of sp³-hybridized carbons (Fsp3) is 0.409. The molecule has 0 unspecified atom stereocenters. The first-order chi connectivity index (χ1) is 14.8. The average Bonchev–Trinajstić information content (AvgIpc) is 3.46. The number of piperidine rings is 1. The number of benzene rings is 1. The van der Waals surface area contributed by atoms with Crippen LogP contribution in [0.25, 0.3) is 10.8 Å². The highest BCUT2D eigenvalue weighted by Crippen LogP contribution is 2.33. The van der Waals surface area contributed by atoms with E-state index in [1.807, 2.05) is 17.0 Å². The fourth-order valence-corrected chi connectivity index (χ4v) is 5.67. The maximum atomic E-state index is 12.7. The van der Waals surface area contributed by atoms with E-state index in [4.69, 9.17) is 4.42 Å². The summed E-state index contributed by atoms with van der Waals surface area (Å²) in [5, 5.41) is 9.86. The molecule has 7 nitrogen and oxygen atoms in total. The molecular weight excluding hydrogens is 434 g/mol. The molecular formula is C22H25N3O4S2. The molecule has 1 aliphatic heterocycles. The molecule has 4 rings (SSSR count). The van der Waals surface area contributed by atoms with Gasteiger partial charge in [-0.3, -0.25) is 4.79 Å². The minimum Gasteiger partial charge on any atom is -0.462 e. The molecule has 1 aliphatic rings. The summed E-state index contributed by atoms with van der Waals surface area (Å²) in [6.07, 6.45) is 3.60. The van der Waals surface area contributed by atoms with Gasteiger partial charge in [-0.15, -0.1) is 10.2 Å². The van der Waals surface area contributed by atoms with Gasteiger partial charge in [-0.25, -0.2) is 8.42 Å². The monoisotopic (exact) mass is 459 g/mol. The van der Waals surface area contributed by atoms with Gasteiger partial charge >= 0.3 is 0 Å². The Hall–Kier alpha value is -2.52. The number of amides is 1. The smallest absolute Gasteiger partial charge is 0.226 e. The second-order valence-corrected chi connectivity index (χ2v) is 11.5. The maximum absolute atomic E-state index is 12.7. The van der Waals surface area contributed by atoms with Gasteiger partial charge in [0.2, 0.25) is 5.91 Å². The average molecular weight is 460 g/mol. The Balaban J connectivity index is 1.32. The van der Waals surface area contributed by atoms with Crippen molar-refractivity contribution in [3.8, 4) is 10.8 Å². The molecule has 31 heavy (non-hydrogen) atoms. The van der Waals surface area contributed by atoms with Crippen molar-refractivity contribution in [2.75, 3.05) is 13.1 Å². The number of carbonyl (C=O) groups excluding carboxylic acids is 1. The van der Waals surface area contributed by atoms with E-state index >= 15 is 0 Å². The molecule has 164 valence electrons. The molecule has 0 atom stereocenters. The van der Waals surface area contributed by atoms with Gasteiger partial charge in [0.25, 0.3) is 0 Å². The Morgan fingerprint density at radius 1 is 1.16 bits per heavy atom. The van der Waals surface area contributed by atoms with E-state index in [-0.39, 0.29) is 12.3 Å². The summed E-state index contributed by atoms with van der Waals surface area (Å²) in [5.74, 6) is 1.08. The van der Waals surface area contributed by atoms with Gasteiger partial charge in [-0.2, -0.15) is 0 Å². The van der Waals surface area contributed by atoms with Crippen LogP contribution < -0.4 is 0 Å². The molecule has 1 saturated heterocycles. The lowest BCUT2D eigenvalue weighted by molar-refractivity contribution is -0.131. The van der Waals surface area contributed by atoms with Gasteiger partial charge in [0.1, 0.15) is 5.01 Å². The minimum absolute atomic E-state index is 0.0615. The molecule has 3 aromatic rings. The summed E-state index contributed by atoms with van der Waals surface area (Å²) in [6.45, 7) is 4.68. The van der Waals surface area contributed by atoms with E-state index in [1.165, 1.54) is 0 Å². The highest BCUT2D eigenvalue weighted by atomic mass is 32.2. The van der Waals surface area contributed by atoms with Crippen LogP contribution >= 0.6 is 11.3 Å². The number of carbonyl (C=O) groups is 1. The highest BCUT2D eigenvalue weighted by molar-refractivity contribution is 7.92. The standard InChI is InChI=1S/C22H25N3O4S2/c1-15(2)31(27,28)18-7-5-16(6-8-18)14-20(26)25-11-9-17(10-12-25)21-23-24-22(30-21)19-4-3-13-29-19/h3-8,13,15,17H,9-12,14H2,1-2H3. The van der Waals surface area contributed by atoms with E-state index in [1.54, 1.807) is 55.7 Å². The lowest BCUT2D eigenvalue weighted by Gasteiger charge is -2.31. The van der Waals surface area contributed by atoms with E-state index in [9.17, 15) is 13.2 Å². The molecule has 0 spiro atoms. The van der Waals surface area contributed by atoms with E-state index < -0.39 is 15.1 Å². The van der Waals surface area contributed by atoms with Crippen molar-refractivity contribution >= 4 is 27.1 Å². The summed E-state index contributed by atoms with van der Waals surface area (Å²) in [4.78, 5) is 14.9. The van der Waals surface area contributed by atoms with Crippen LogP contribution in [0, 0.1) is 0 Å². The van der Waals surface area contributed by atoms with Gasteiger partial charge in [-0.05, 0) is 56.5 Å². The number of hydrogen-bond donors (Lipinski definition) is 0. The molecule has 3 heterocycles. The van der Waals surface area contributed by atoms with Crippen LogP contribution in [-0.4, -0.2) is 47.8 Å². The number of sulfone groups is 1. The molecule has 0 N–H and O–H groups in total. The fourth-order valence-electron chi connectivity index (χ4n) is 3.63. The van der Waals surface area contributed by atoms with Crippen molar-refractivity contribution in [2.24, 2.45) is 0 Å². The van der Waals surface area contributed by atoms with Crippen molar-refractivity contribution in [3.63, 3.8) is 0 Å². The van der Waals surface area contributed by atoms with E-state index in [0.717, 1.165) is 34.2 Å². The molecule has 0 bridgehead atoms. The second-order valence-electron chi connectivity index (χ2n) is 7.99. The van der Waals surface area contributed by atoms with Crippen molar-refractivity contribution in [1.82, 2.24) is 15.1 Å². The molecule has 1 fully saturated rings. The Morgan fingerprint density at radius 3 is 2.48 bits per heavy atom. The maximum Gasteiger partial charge on any atom is 0.226 e. The van der Waals surface area contributed by atoms with Crippen LogP contribution in [0.4, 0.5) is 0 Å². The molecule has 2 aromatic heterocycles. The third kappa shape index (κ3) is 4.72. The summed E-state index contributed by atoms with van der Waals surface area (Å²) in [6, 6.07) is 10.4. The zero-order valence-corrected chi connectivity index (χ0v) is 19.2.